The van der Waals surface area contributed by atoms with Gasteiger partial charge in [0.2, 0.25) is 12.8 Å². The molecule has 2 aliphatic heterocycles. The number of hydroxylamine groups is 4. The highest BCUT2D eigenvalue weighted by Crippen LogP contribution is 2.39. The van der Waals surface area contributed by atoms with Crippen LogP contribution < -0.4 is 0 Å². The van der Waals surface area contributed by atoms with E-state index in [1.165, 1.54) is 10.1 Å². The first kappa shape index (κ1) is 29.0. The van der Waals surface area contributed by atoms with Crippen molar-refractivity contribution in [2.75, 3.05) is 13.1 Å². The molecule has 0 unspecified atom stereocenters. The van der Waals surface area contributed by atoms with Crippen molar-refractivity contribution in [1.82, 2.24) is 19.9 Å². The average molecular weight is 483 g/mol. The monoisotopic (exact) mass is 482 g/mol. The molecule has 0 aliphatic carbocycles. The third kappa shape index (κ3) is 6.71. The van der Waals surface area contributed by atoms with Crippen molar-refractivity contribution in [2.24, 2.45) is 0 Å². The predicted octanol–water partition coefficient (Wildman–Crippen LogP) is 4.29. The van der Waals surface area contributed by atoms with Crippen LogP contribution in [0.25, 0.3) is 0 Å². The van der Waals surface area contributed by atoms with Gasteiger partial charge in [-0.1, -0.05) is 12.8 Å². The molecule has 2 N–H and O–H groups in total. The molecule has 0 spiro atoms. The van der Waals surface area contributed by atoms with Crippen molar-refractivity contribution in [3.8, 4) is 0 Å². The average Bonchev–Trinajstić information content (AvgIpc) is 2.71. The Labute approximate surface area is 207 Å². The normalized spacial score (nSPS) is 25.1. The number of piperidine rings is 2. The molecule has 0 atom stereocenters. The van der Waals surface area contributed by atoms with Crippen LogP contribution in [0.3, 0.4) is 0 Å². The summed E-state index contributed by atoms with van der Waals surface area (Å²) in [6, 6.07) is 0.251. The summed E-state index contributed by atoms with van der Waals surface area (Å²) in [5.74, 6) is 0. The SMILES string of the molecule is CC1(C)CC(N(C=O)CCCCCCN(C=O)C2CC(C)(C)N(O)C(C)(C)C2)CC(C)(C)N1O. The largest absolute Gasteiger partial charge is 0.342 e. The number of nitrogens with zero attached hydrogens (tertiary/aromatic N) is 4. The van der Waals surface area contributed by atoms with Gasteiger partial charge in [0.05, 0.1) is 0 Å². The maximum atomic E-state index is 11.8. The first-order valence-electron chi connectivity index (χ1n) is 13.0. The van der Waals surface area contributed by atoms with E-state index >= 15 is 0 Å². The van der Waals surface area contributed by atoms with E-state index in [-0.39, 0.29) is 34.2 Å². The number of hydrogen-bond donors (Lipinski definition) is 2. The van der Waals surface area contributed by atoms with Crippen molar-refractivity contribution in [1.29, 1.82) is 0 Å². The molecule has 2 amide bonds. The maximum Gasteiger partial charge on any atom is 0.209 e. The first-order valence-corrected chi connectivity index (χ1v) is 13.0. The Morgan fingerprint density at radius 3 is 1.12 bits per heavy atom. The van der Waals surface area contributed by atoms with Gasteiger partial charge >= 0.3 is 0 Å². The van der Waals surface area contributed by atoms with Crippen molar-refractivity contribution in [3.63, 3.8) is 0 Å². The molecule has 2 fully saturated rings. The Bertz CT molecular complexity index is 600. The van der Waals surface area contributed by atoms with Gasteiger partial charge in [0, 0.05) is 47.3 Å². The zero-order chi connectivity index (χ0) is 25.9. The smallest absolute Gasteiger partial charge is 0.209 e. The molecule has 2 heterocycles. The zero-order valence-corrected chi connectivity index (χ0v) is 22.9. The van der Waals surface area contributed by atoms with Gasteiger partial charge in [0.25, 0.3) is 0 Å². The van der Waals surface area contributed by atoms with Crippen LogP contribution in [0.5, 0.6) is 0 Å². The molecule has 34 heavy (non-hydrogen) atoms. The van der Waals surface area contributed by atoms with E-state index in [0.29, 0.717) is 0 Å². The lowest BCUT2D eigenvalue weighted by atomic mass is 9.78. The fraction of sp³-hybridized carbons (Fsp3) is 0.923. The number of hydrogen-bond acceptors (Lipinski definition) is 6. The molecule has 0 aromatic rings. The van der Waals surface area contributed by atoms with Crippen LogP contribution in [0.1, 0.15) is 107 Å². The second-order valence-electron chi connectivity index (χ2n) is 13.1. The lowest BCUT2D eigenvalue weighted by Crippen LogP contribution is -2.62. The lowest BCUT2D eigenvalue weighted by molar-refractivity contribution is -0.251. The molecule has 8 nitrogen and oxygen atoms in total. The topological polar surface area (TPSA) is 87.6 Å². The molecule has 0 radical (unpaired) electrons. The quantitative estimate of drug-likeness (QED) is 0.337. The second-order valence-corrected chi connectivity index (χ2v) is 13.1. The van der Waals surface area contributed by atoms with Crippen LogP contribution in [0, 0.1) is 0 Å². The molecule has 0 aromatic carbocycles. The van der Waals surface area contributed by atoms with Crippen LogP contribution in [0.15, 0.2) is 0 Å². The van der Waals surface area contributed by atoms with E-state index in [0.717, 1.165) is 77.3 Å². The summed E-state index contributed by atoms with van der Waals surface area (Å²) in [5.41, 5.74) is -1.49. The summed E-state index contributed by atoms with van der Waals surface area (Å²) in [6.07, 6.45) is 8.82. The summed E-state index contributed by atoms with van der Waals surface area (Å²) in [5, 5.41) is 23.9. The Morgan fingerprint density at radius 2 is 0.882 bits per heavy atom. The number of amides is 2. The van der Waals surface area contributed by atoms with E-state index in [9.17, 15) is 20.0 Å². The summed E-state index contributed by atoms with van der Waals surface area (Å²) in [7, 11) is 0. The minimum Gasteiger partial charge on any atom is -0.342 e. The van der Waals surface area contributed by atoms with Gasteiger partial charge in [-0.15, -0.1) is 0 Å². The number of rotatable bonds is 11. The Morgan fingerprint density at radius 1 is 0.618 bits per heavy atom. The molecule has 0 saturated carbocycles. The van der Waals surface area contributed by atoms with Crippen LogP contribution in [0.4, 0.5) is 0 Å². The molecule has 198 valence electrons. The number of unbranched alkanes of at least 4 members (excludes halogenated alkanes) is 3. The Hall–Kier alpha value is -1.22. The van der Waals surface area contributed by atoms with Crippen molar-refractivity contribution in [2.45, 2.75) is 141 Å². The highest BCUT2D eigenvalue weighted by atomic mass is 16.5. The van der Waals surface area contributed by atoms with Gasteiger partial charge in [0.15, 0.2) is 0 Å². The van der Waals surface area contributed by atoms with Gasteiger partial charge in [-0.25, -0.2) is 0 Å². The highest BCUT2D eigenvalue weighted by molar-refractivity contribution is 5.48. The Balaban J connectivity index is 1.79. The van der Waals surface area contributed by atoms with E-state index in [1.807, 2.05) is 65.2 Å². The van der Waals surface area contributed by atoms with Crippen LogP contribution in [-0.2, 0) is 9.59 Å². The van der Waals surface area contributed by atoms with Gasteiger partial charge in [-0.3, -0.25) is 9.59 Å². The maximum absolute atomic E-state index is 11.8. The Kier molecular flexibility index (Phi) is 9.22. The molecule has 8 heteroatoms. The standard InChI is InChI=1S/C26H50N4O4/c1-23(2)15-21(16-24(3,4)29(23)33)27(19-31)13-11-9-10-12-14-28(20-32)22-17-25(5,6)30(34)26(7,8)18-22/h19-22,33-34H,9-18H2,1-8H3. The lowest BCUT2D eigenvalue weighted by Gasteiger charge is -2.53. The van der Waals surface area contributed by atoms with Crippen LogP contribution in [0.2, 0.25) is 0 Å². The van der Waals surface area contributed by atoms with Crippen LogP contribution >= 0.6 is 0 Å². The number of carbonyl (C=O) groups excluding carboxylic acids is 2. The van der Waals surface area contributed by atoms with Crippen molar-refractivity contribution in [3.05, 3.63) is 0 Å². The van der Waals surface area contributed by atoms with E-state index in [4.69, 9.17) is 0 Å². The minimum absolute atomic E-state index is 0.126. The second kappa shape index (κ2) is 10.8. The van der Waals surface area contributed by atoms with E-state index in [1.54, 1.807) is 0 Å². The van der Waals surface area contributed by atoms with E-state index in [2.05, 4.69) is 0 Å². The fourth-order valence-electron chi connectivity index (χ4n) is 6.49. The number of carbonyl (C=O) groups is 2. The summed E-state index contributed by atoms with van der Waals surface area (Å²) >= 11 is 0. The molecule has 2 aliphatic rings. The molecule has 0 bridgehead atoms. The van der Waals surface area contributed by atoms with Crippen molar-refractivity contribution >= 4 is 12.8 Å². The zero-order valence-electron chi connectivity index (χ0n) is 22.9. The van der Waals surface area contributed by atoms with Gasteiger partial charge in [-0.05, 0) is 93.9 Å². The third-order valence-electron chi connectivity index (χ3n) is 8.03. The predicted molar refractivity (Wildman–Crippen MR) is 134 cm³/mol. The van der Waals surface area contributed by atoms with Gasteiger partial charge < -0.3 is 20.2 Å². The summed E-state index contributed by atoms with van der Waals surface area (Å²) in [6.45, 7) is 17.6. The van der Waals surface area contributed by atoms with Gasteiger partial charge in [0.1, 0.15) is 0 Å². The molecular weight excluding hydrogens is 432 g/mol. The van der Waals surface area contributed by atoms with Gasteiger partial charge in [-0.2, -0.15) is 10.1 Å². The van der Waals surface area contributed by atoms with Crippen LogP contribution in [-0.4, -0.2) is 90.5 Å². The molecule has 2 saturated heterocycles. The van der Waals surface area contributed by atoms with E-state index < -0.39 is 0 Å². The minimum atomic E-state index is -0.374. The highest BCUT2D eigenvalue weighted by Gasteiger charge is 2.47. The summed E-state index contributed by atoms with van der Waals surface area (Å²) in [4.78, 5) is 27.5. The first-order chi connectivity index (χ1) is 15.6. The third-order valence-corrected chi connectivity index (χ3v) is 8.03. The molecular formula is C26H50N4O4. The fourth-order valence-corrected chi connectivity index (χ4v) is 6.49. The summed E-state index contributed by atoms with van der Waals surface area (Å²) < 4.78 is 0. The molecule has 2 rings (SSSR count). The van der Waals surface area contributed by atoms with Crippen molar-refractivity contribution < 1.29 is 20.0 Å². The molecule has 0 aromatic heterocycles.